The van der Waals surface area contributed by atoms with E-state index in [0.717, 1.165) is 32.1 Å². The molecular formula is C12H19NO2. The lowest BCUT2D eigenvalue weighted by molar-refractivity contribution is 0.0503. The summed E-state index contributed by atoms with van der Waals surface area (Å²) in [7, 11) is 3.78. The standard InChI is InChI=1S/C7H8O.C5H11NO/c1-8-7-5-3-2-4-6-7;1-6-2-4-7-5-3-6/h2-6H,1H3;2-5H2,1H3. The molecule has 1 aliphatic rings. The zero-order valence-electron chi connectivity index (χ0n) is 9.48. The molecule has 0 saturated carbocycles. The van der Waals surface area contributed by atoms with Crippen molar-refractivity contribution in [2.24, 2.45) is 0 Å². The molecule has 1 saturated heterocycles. The van der Waals surface area contributed by atoms with Crippen LogP contribution in [0, 0.1) is 0 Å². The lowest BCUT2D eigenvalue weighted by atomic mass is 10.3. The third-order valence-electron chi connectivity index (χ3n) is 2.21. The Bertz CT molecular complexity index is 245. The highest BCUT2D eigenvalue weighted by atomic mass is 16.5. The van der Waals surface area contributed by atoms with E-state index in [1.807, 2.05) is 30.3 Å². The van der Waals surface area contributed by atoms with E-state index in [-0.39, 0.29) is 0 Å². The lowest BCUT2D eigenvalue weighted by Gasteiger charge is -2.21. The van der Waals surface area contributed by atoms with Crippen LogP contribution in [0.25, 0.3) is 0 Å². The summed E-state index contributed by atoms with van der Waals surface area (Å²) in [5.74, 6) is 0.910. The van der Waals surface area contributed by atoms with Gasteiger partial charge in [0.25, 0.3) is 0 Å². The van der Waals surface area contributed by atoms with Gasteiger partial charge >= 0.3 is 0 Å². The van der Waals surface area contributed by atoms with Crippen LogP contribution in [0.3, 0.4) is 0 Å². The van der Waals surface area contributed by atoms with Gasteiger partial charge in [-0.3, -0.25) is 0 Å². The van der Waals surface area contributed by atoms with Crippen molar-refractivity contribution in [2.75, 3.05) is 40.5 Å². The van der Waals surface area contributed by atoms with Crippen LogP contribution < -0.4 is 4.74 Å². The van der Waals surface area contributed by atoms with Crippen LogP contribution >= 0.6 is 0 Å². The van der Waals surface area contributed by atoms with Gasteiger partial charge in [-0.15, -0.1) is 0 Å². The van der Waals surface area contributed by atoms with Crippen molar-refractivity contribution >= 4 is 0 Å². The Hall–Kier alpha value is -1.06. The largest absolute Gasteiger partial charge is 0.497 e. The minimum absolute atomic E-state index is 0.910. The molecule has 0 unspecified atom stereocenters. The first-order valence-electron chi connectivity index (χ1n) is 5.18. The molecule has 0 amide bonds. The zero-order valence-corrected chi connectivity index (χ0v) is 9.48. The van der Waals surface area contributed by atoms with Gasteiger partial charge in [0.2, 0.25) is 0 Å². The van der Waals surface area contributed by atoms with Crippen molar-refractivity contribution in [2.45, 2.75) is 0 Å². The number of rotatable bonds is 1. The van der Waals surface area contributed by atoms with Gasteiger partial charge in [0, 0.05) is 13.1 Å². The predicted octanol–water partition coefficient (Wildman–Crippen LogP) is 1.64. The average Bonchev–Trinajstić information content (AvgIpc) is 2.32. The Morgan fingerprint density at radius 1 is 1.13 bits per heavy atom. The third-order valence-corrected chi connectivity index (χ3v) is 2.21. The molecule has 1 aliphatic heterocycles. The van der Waals surface area contributed by atoms with Crippen molar-refractivity contribution in [3.05, 3.63) is 30.3 Å². The summed E-state index contributed by atoms with van der Waals surface area (Å²) >= 11 is 0. The highest BCUT2D eigenvalue weighted by Crippen LogP contribution is 2.05. The van der Waals surface area contributed by atoms with Crippen LogP contribution in [-0.2, 0) is 4.74 Å². The van der Waals surface area contributed by atoms with Crippen LogP contribution in [0.5, 0.6) is 5.75 Å². The lowest BCUT2D eigenvalue weighted by Crippen LogP contribution is -2.32. The Kier molecular flexibility index (Phi) is 5.81. The average molecular weight is 209 g/mol. The number of hydrogen-bond acceptors (Lipinski definition) is 3. The maximum Gasteiger partial charge on any atom is 0.118 e. The van der Waals surface area contributed by atoms with Crippen LogP contribution in [0.4, 0.5) is 0 Å². The van der Waals surface area contributed by atoms with E-state index in [0.29, 0.717) is 0 Å². The van der Waals surface area contributed by atoms with Crippen molar-refractivity contribution in [1.82, 2.24) is 4.90 Å². The number of morpholine rings is 1. The molecule has 0 bridgehead atoms. The Morgan fingerprint density at radius 2 is 1.73 bits per heavy atom. The first kappa shape index (κ1) is 12.0. The SMILES string of the molecule is CN1CCOCC1.COc1ccccc1. The molecule has 0 radical (unpaired) electrons. The van der Waals surface area contributed by atoms with Gasteiger partial charge in [-0.2, -0.15) is 0 Å². The summed E-state index contributed by atoms with van der Waals surface area (Å²) in [6.07, 6.45) is 0. The van der Waals surface area contributed by atoms with Crippen molar-refractivity contribution in [1.29, 1.82) is 0 Å². The Morgan fingerprint density at radius 3 is 2.07 bits per heavy atom. The Balaban J connectivity index is 0.000000151. The number of hydrogen-bond donors (Lipinski definition) is 0. The quantitative estimate of drug-likeness (QED) is 0.702. The summed E-state index contributed by atoms with van der Waals surface area (Å²) in [5, 5.41) is 0. The fourth-order valence-corrected chi connectivity index (χ4v) is 1.21. The van der Waals surface area contributed by atoms with Gasteiger partial charge in [-0.25, -0.2) is 0 Å². The second-order valence-corrected chi connectivity index (χ2v) is 3.43. The molecular weight excluding hydrogens is 190 g/mol. The van der Waals surface area contributed by atoms with Gasteiger partial charge in [0.05, 0.1) is 20.3 Å². The molecule has 1 fully saturated rings. The molecule has 3 heteroatoms. The third kappa shape index (κ3) is 5.40. The van der Waals surface area contributed by atoms with Gasteiger partial charge in [-0.1, -0.05) is 18.2 Å². The Labute approximate surface area is 91.6 Å². The molecule has 84 valence electrons. The summed E-state index contributed by atoms with van der Waals surface area (Å²) in [6, 6.07) is 9.68. The second-order valence-electron chi connectivity index (χ2n) is 3.43. The van der Waals surface area contributed by atoms with E-state index in [9.17, 15) is 0 Å². The van der Waals surface area contributed by atoms with E-state index < -0.39 is 0 Å². The molecule has 0 aliphatic carbocycles. The van der Waals surface area contributed by atoms with Crippen molar-refractivity contribution < 1.29 is 9.47 Å². The minimum Gasteiger partial charge on any atom is -0.497 e. The van der Waals surface area contributed by atoms with Crippen LogP contribution in [0.1, 0.15) is 0 Å². The summed E-state index contributed by atoms with van der Waals surface area (Å²) in [6.45, 7) is 4.02. The summed E-state index contributed by atoms with van der Waals surface area (Å²) in [5.41, 5.74) is 0. The number of methoxy groups -OCH3 is 1. The summed E-state index contributed by atoms with van der Waals surface area (Å²) < 4.78 is 10.0. The first-order valence-corrected chi connectivity index (χ1v) is 5.18. The first-order chi connectivity index (χ1) is 7.33. The fraction of sp³-hybridized carbons (Fsp3) is 0.500. The number of likely N-dealkylation sites (N-methyl/N-ethyl adjacent to an activating group) is 1. The molecule has 0 spiro atoms. The zero-order chi connectivity index (χ0) is 10.9. The highest BCUT2D eigenvalue weighted by Gasteiger charge is 2.02. The molecule has 1 heterocycles. The molecule has 2 rings (SSSR count). The molecule has 0 aromatic heterocycles. The van der Waals surface area contributed by atoms with Crippen molar-refractivity contribution in [3.63, 3.8) is 0 Å². The van der Waals surface area contributed by atoms with E-state index in [1.165, 1.54) is 0 Å². The maximum atomic E-state index is 5.10. The molecule has 1 aromatic rings. The van der Waals surface area contributed by atoms with E-state index in [4.69, 9.17) is 9.47 Å². The van der Waals surface area contributed by atoms with Crippen molar-refractivity contribution in [3.8, 4) is 5.75 Å². The number of nitrogens with zero attached hydrogens (tertiary/aromatic N) is 1. The number of benzene rings is 1. The fourth-order valence-electron chi connectivity index (χ4n) is 1.21. The van der Waals surface area contributed by atoms with Crippen LogP contribution in [0.15, 0.2) is 30.3 Å². The topological polar surface area (TPSA) is 21.7 Å². The summed E-state index contributed by atoms with van der Waals surface area (Å²) in [4.78, 5) is 2.27. The molecule has 15 heavy (non-hydrogen) atoms. The van der Waals surface area contributed by atoms with Gasteiger partial charge in [0.1, 0.15) is 5.75 Å². The monoisotopic (exact) mass is 209 g/mol. The molecule has 3 nitrogen and oxygen atoms in total. The minimum atomic E-state index is 0.910. The van der Waals surface area contributed by atoms with E-state index in [2.05, 4.69) is 11.9 Å². The highest BCUT2D eigenvalue weighted by molar-refractivity contribution is 5.20. The number of para-hydroxylation sites is 1. The second kappa shape index (κ2) is 7.26. The molecule has 0 atom stereocenters. The number of ether oxygens (including phenoxy) is 2. The normalized spacial score (nSPS) is 16.4. The molecule has 1 aromatic carbocycles. The van der Waals surface area contributed by atoms with Crippen LogP contribution in [0.2, 0.25) is 0 Å². The van der Waals surface area contributed by atoms with Crippen LogP contribution in [-0.4, -0.2) is 45.4 Å². The van der Waals surface area contributed by atoms with E-state index >= 15 is 0 Å². The predicted molar refractivity (Wildman–Crippen MR) is 61.3 cm³/mol. The van der Waals surface area contributed by atoms with Gasteiger partial charge < -0.3 is 14.4 Å². The maximum absolute atomic E-state index is 5.10. The van der Waals surface area contributed by atoms with Gasteiger partial charge in [0.15, 0.2) is 0 Å². The molecule has 0 N–H and O–H groups in total. The van der Waals surface area contributed by atoms with E-state index in [1.54, 1.807) is 7.11 Å². The van der Waals surface area contributed by atoms with Gasteiger partial charge in [-0.05, 0) is 19.2 Å². The smallest absolute Gasteiger partial charge is 0.118 e.